The molecule has 3 aliphatic heterocycles. The van der Waals surface area contributed by atoms with E-state index in [9.17, 15) is 9.59 Å². The van der Waals surface area contributed by atoms with Crippen LogP contribution in [-0.2, 0) is 19.1 Å². The maximum absolute atomic E-state index is 12.4. The van der Waals surface area contributed by atoms with E-state index >= 15 is 0 Å². The number of nitrogens with one attached hydrogen (secondary N) is 2. The molecule has 0 aliphatic carbocycles. The van der Waals surface area contributed by atoms with E-state index in [0.29, 0.717) is 57.6 Å². The maximum Gasteiger partial charge on any atom is 0.309 e. The minimum absolute atomic E-state index is 0.0940. The van der Waals surface area contributed by atoms with E-state index in [1.54, 1.807) is 0 Å². The molecule has 1 aromatic rings. The van der Waals surface area contributed by atoms with Crippen molar-refractivity contribution in [1.82, 2.24) is 20.4 Å². The normalized spacial score (nSPS) is 20.3. The van der Waals surface area contributed by atoms with Gasteiger partial charge in [0.05, 0.1) is 32.5 Å². The zero-order chi connectivity index (χ0) is 21.5. The molecule has 4 rings (SSSR count). The zero-order valence-corrected chi connectivity index (χ0v) is 17.6. The summed E-state index contributed by atoms with van der Waals surface area (Å²) in [5.74, 6) is 0.178. The van der Waals surface area contributed by atoms with Gasteiger partial charge in [0.1, 0.15) is 0 Å². The van der Waals surface area contributed by atoms with Gasteiger partial charge in [-0.1, -0.05) is 6.07 Å². The standard InChI is InChI=1S/C21H30N4O6/c26-20(22-3-4-24-5-9-28-10-6-24)21(27)23-14-17(25-7-11-29-12-8-25)16-1-2-18-19(13-16)31-15-30-18/h1-2,13,17H,3-12,14-15H2,(H,22,26)(H,23,27)/t17-/m0/s1. The lowest BCUT2D eigenvalue weighted by Gasteiger charge is -2.35. The Hall–Kier alpha value is -2.40. The van der Waals surface area contributed by atoms with E-state index in [2.05, 4.69) is 20.4 Å². The van der Waals surface area contributed by atoms with Gasteiger partial charge < -0.3 is 29.6 Å². The Morgan fingerprint density at radius 2 is 1.58 bits per heavy atom. The molecule has 0 saturated carbocycles. The summed E-state index contributed by atoms with van der Waals surface area (Å²) >= 11 is 0. The lowest BCUT2D eigenvalue weighted by Crippen LogP contribution is -2.48. The first-order valence-electron chi connectivity index (χ1n) is 10.8. The average molecular weight is 434 g/mol. The Morgan fingerprint density at radius 3 is 2.35 bits per heavy atom. The van der Waals surface area contributed by atoms with Crippen LogP contribution in [0.1, 0.15) is 11.6 Å². The predicted octanol–water partition coefficient (Wildman–Crippen LogP) is -0.647. The highest BCUT2D eigenvalue weighted by Gasteiger charge is 2.26. The van der Waals surface area contributed by atoms with Crippen molar-refractivity contribution in [3.05, 3.63) is 23.8 Å². The third kappa shape index (κ3) is 5.85. The van der Waals surface area contributed by atoms with Gasteiger partial charge in [-0.25, -0.2) is 0 Å². The fraction of sp³-hybridized carbons (Fsp3) is 0.619. The molecule has 2 N–H and O–H groups in total. The van der Waals surface area contributed by atoms with E-state index in [-0.39, 0.29) is 12.8 Å². The van der Waals surface area contributed by atoms with Crippen molar-refractivity contribution < 1.29 is 28.5 Å². The number of morpholine rings is 2. The number of hydrogen-bond acceptors (Lipinski definition) is 8. The number of hydrogen-bond donors (Lipinski definition) is 2. The van der Waals surface area contributed by atoms with Crippen LogP contribution in [0.2, 0.25) is 0 Å². The second-order valence-electron chi connectivity index (χ2n) is 7.70. The number of amides is 2. The molecule has 31 heavy (non-hydrogen) atoms. The first kappa shape index (κ1) is 21.8. The quantitative estimate of drug-likeness (QED) is 0.547. The highest BCUT2D eigenvalue weighted by molar-refractivity contribution is 6.35. The van der Waals surface area contributed by atoms with Gasteiger partial charge in [0.25, 0.3) is 0 Å². The van der Waals surface area contributed by atoms with Crippen LogP contribution in [0.3, 0.4) is 0 Å². The monoisotopic (exact) mass is 434 g/mol. The SMILES string of the molecule is O=C(NCCN1CCOCC1)C(=O)NC[C@@H](c1ccc2c(c1)OCO2)N1CCOCC1. The third-order valence-corrected chi connectivity index (χ3v) is 5.75. The Kier molecular flexibility index (Phi) is 7.57. The molecule has 10 nitrogen and oxygen atoms in total. The van der Waals surface area contributed by atoms with Crippen LogP contribution in [0.15, 0.2) is 18.2 Å². The van der Waals surface area contributed by atoms with Crippen molar-refractivity contribution in [2.45, 2.75) is 6.04 Å². The summed E-state index contributed by atoms with van der Waals surface area (Å²) in [6, 6.07) is 5.70. The number of benzene rings is 1. The van der Waals surface area contributed by atoms with E-state index in [1.807, 2.05) is 18.2 Å². The van der Waals surface area contributed by atoms with Gasteiger partial charge in [0.15, 0.2) is 11.5 Å². The van der Waals surface area contributed by atoms with Gasteiger partial charge in [-0.3, -0.25) is 19.4 Å². The molecule has 1 atom stereocenters. The van der Waals surface area contributed by atoms with Crippen LogP contribution in [0.25, 0.3) is 0 Å². The molecule has 0 aromatic heterocycles. The molecular formula is C21H30N4O6. The van der Waals surface area contributed by atoms with Gasteiger partial charge in [0, 0.05) is 45.8 Å². The van der Waals surface area contributed by atoms with Crippen molar-refractivity contribution in [2.24, 2.45) is 0 Å². The highest BCUT2D eigenvalue weighted by atomic mass is 16.7. The van der Waals surface area contributed by atoms with Crippen molar-refractivity contribution in [3.63, 3.8) is 0 Å². The number of fused-ring (bicyclic) bond motifs is 1. The molecule has 2 saturated heterocycles. The summed E-state index contributed by atoms with van der Waals surface area (Å²) in [5, 5.41) is 5.50. The first-order valence-corrected chi connectivity index (χ1v) is 10.8. The number of nitrogens with zero attached hydrogens (tertiary/aromatic N) is 2. The van der Waals surface area contributed by atoms with Crippen LogP contribution in [-0.4, -0.2) is 101 Å². The van der Waals surface area contributed by atoms with Crippen LogP contribution in [0.5, 0.6) is 11.5 Å². The highest BCUT2D eigenvalue weighted by Crippen LogP contribution is 2.35. The van der Waals surface area contributed by atoms with Crippen molar-refractivity contribution in [2.75, 3.05) is 79.0 Å². The van der Waals surface area contributed by atoms with Crippen LogP contribution in [0.4, 0.5) is 0 Å². The Bertz CT molecular complexity index is 764. The third-order valence-electron chi connectivity index (χ3n) is 5.75. The van der Waals surface area contributed by atoms with Gasteiger partial charge in [-0.05, 0) is 17.7 Å². The van der Waals surface area contributed by atoms with Gasteiger partial charge >= 0.3 is 11.8 Å². The Balaban J connectivity index is 1.31. The van der Waals surface area contributed by atoms with Crippen molar-refractivity contribution >= 4 is 11.8 Å². The van der Waals surface area contributed by atoms with Gasteiger partial charge in [-0.15, -0.1) is 0 Å². The van der Waals surface area contributed by atoms with Gasteiger partial charge in [0.2, 0.25) is 6.79 Å². The topological polar surface area (TPSA) is 102 Å². The average Bonchev–Trinajstić information content (AvgIpc) is 3.28. The fourth-order valence-corrected chi connectivity index (χ4v) is 3.97. The largest absolute Gasteiger partial charge is 0.454 e. The lowest BCUT2D eigenvalue weighted by atomic mass is 10.0. The van der Waals surface area contributed by atoms with E-state index < -0.39 is 11.8 Å². The van der Waals surface area contributed by atoms with Crippen molar-refractivity contribution in [1.29, 1.82) is 0 Å². The molecule has 3 heterocycles. The summed E-state index contributed by atoms with van der Waals surface area (Å²) in [6.07, 6.45) is 0. The smallest absolute Gasteiger partial charge is 0.309 e. The molecule has 1 aromatic carbocycles. The minimum Gasteiger partial charge on any atom is -0.454 e. The Labute approximate surface area is 181 Å². The number of carbonyl (C=O) groups excluding carboxylic acids is 2. The lowest BCUT2D eigenvalue weighted by molar-refractivity contribution is -0.139. The molecule has 2 fully saturated rings. The summed E-state index contributed by atoms with van der Waals surface area (Å²) in [6.45, 7) is 7.54. The summed E-state index contributed by atoms with van der Waals surface area (Å²) in [5.41, 5.74) is 0.999. The second-order valence-corrected chi connectivity index (χ2v) is 7.70. The zero-order valence-electron chi connectivity index (χ0n) is 17.6. The first-order chi connectivity index (χ1) is 15.2. The molecule has 2 amide bonds. The summed E-state index contributed by atoms with van der Waals surface area (Å²) in [7, 11) is 0. The maximum atomic E-state index is 12.4. The second kappa shape index (κ2) is 10.8. The van der Waals surface area contributed by atoms with Crippen molar-refractivity contribution in [3.8, 4) is 11.5 Å². The molecular weight excluding hydrogens is 404 g/mol. The van der Waals surface area contributed by atoms with E-state index in [0.717, 1.165) is 31.7 Å². The molecule has 0 unspecified atom stereocenters. The Morgan fingerprint density at radius 1 is 0.903 bits per heavy atom. The number of carbonyl (C=O) groups is 2. The van der Waals surface area contributed by atoms with Crippen LogP contribution in [0, 0.1) is 0 Å². The minimum atomic E-state index is -0.624. The predicted molar refractivity (Wildman–Crippen MR) is 111 cm³/mol. The molecule has 170 valence electrons. The molecule has 10 heteroatoms. The molecule has 0 spiro atoms. The number of ether oxygens (including phenoxy) is 4. The van der Waals surface area contributed by atoms with Crippen LogP contribution >= 0.6 is 0 Å². The summed E-state index contributed by atoms with van der Waals surface area (Å²) in [4.78, 5) is 29.1. The summed E-state index contributed by atoms with van der Waals surface area (Å²) < 4.78 is 21.7. The molecule has 3 aliphatic rings. The van der Waals surface area contributed by atoms with Gasteiger partial charge in [-0.2, -0.15) is 0 Å². The number of rotatable bonds is 7. The molecule has 0 radical (unpaired) electrons. The van der Waals surface area contributed by atoms with E-state index in [4.69, 9.17) is 18.9 Å². The van der Waals surface area contributed by atoms with E-state index in [1.165, 1.54) is 0 Å². The van der Waals surface area contributed by atoms with Crippen LogP contribution < -0.4 is 20.1 Å². The fourth-order valence-electron chi connectivity index (χ4n) is 3.97. The molecule has 0 bridgehead atoms.